The van der Waals surface area contributed by atoms with E-state index in [-0.39, 0.29) is 18.0 Å². The van der Waals surface area contributed by atoms with Gasteiger partial charge in [-0.25, -0.2) is 13.6 Å². The molecule has 1 fully saturated rings. The van der Waals surface area contributed by atoms with E-state index in [4.69, 9.17) is 5.11 Å². The summed E-state index contributed by atoms with van der Waals surface area (Å²) in [5.41, 5.74) is -0.0956. The average molecular weight is 298 g/mol. The minimum absolute atomic E-state index is 0.00862. The molecule has 5 nitrogen and oxygen atoms in total. The zero-order valence-electron chi connectivity index (χ0n) is 11.3. The Labute approximate surface area is 120 Å². The zero-order valence-corrected chi connectivity index (χ0v) is 11.3. The smallest absolute Gasteiger partial charge is 0.321 e. The number of likely N-dealkylation sites (tertiary alicyclic amines) is 1. The lowest BCUT2D eigenvalue weighted by atomic mass is 9.95. The van der Waals surface area contributed by atoms with Crippen LogP contribution in [0.3, 0.4) is 0 Å². The predicted molar refractivity (Wildman–Crippen MR) is 71.9 cm³/mol. The summed E-state index contributed by atoms with van der Waals surface area (Å²) in [6.07, 6.45) is 1.47. The van der Waals surface area contributed by atoms with Crippen LogP contribution in [0.5, 0.6) is 0 Å². The second-order valence-electron chi connectivity index (χ2n) is 5.11. The van der Waals surface area contributed by atoms with Gasteiger partial charge in [-0.3, -0.25) is 4.79 Å². The Morgan fingerprint density at radius 3 is 2.81 bits per heavy atom. The van der Waals surface area contributed by atoms with Crippen LogP contribution in [0.15, 0.2) is 18.2 Å². The maximum atomic E-state index is 13.5. The molecule has 0 saturated carbocycles. The third kappa shape index (κ3) is 4.14. The molecule has 1 unspecified atom stereocenters. The van der Waals surface area contributed by atoms with Crippen molar-refractivity contribution in [2.75, 3.05) is 18.4 Å². The third-order valence-corrected chi connectivity index (χ3v) is 3.44. The van der Waals surface area contributed by atoms with Gasteiger partial charge in [0.15, 0.2) is 0 Å². The number of urea groups is 1. The van der Waals surface area contributed by atoms with Gasteiger partial charge in [0, 0.05) is 25.6 Å². The molecule has 0 radical (unpaired) electrons. The van der Waals surface area contributed by atoms with Gasteiger partial charge in [-0.2, -0.15) is 0 Å². The summed E-state index contributed by atoms with van der Waals surface area (Å²) < 4.78 is 26.3. The number of carboxylic acid groups (broad SMARTS) is 1. The number of amides is 2. The number of carbonyl (C=O) groups is 2. The number of halogens is 2. The quantitative estimate of drug-likeness (QED) is 0.901. The van der Waals surface area contributed by atoms with Gasteiger partial charge in [0.25, 0.3) is 0 Å². The number of carbonyl (C=O) groups excluding carboxylic acids is 1. The molecule has 1 aliphatic heterocycles. The Balaban J connectivity index is 1.97. The van der Waals surface area contributed by atoms with E-state index in [0.29, 0.717) is 25.6 Å². The fourth-order valence-electron chi connectivity index (χ4n) is 2.45. The SMILES string of the molecule is O=C(O)CC1CCCN(C(=O)Nc2ccc(F)cc2F)C1. The molecule has 0 aromatic heterocycles. The second-order valence-corrected chi connectivity index (χ2v) is 5.11. The summed E-state index contributed by atoms with van der Waals surface area (Å²) in [5.74, 6) is -2.56. The summed E-state index contributed by atoms with van der Waals surface area (Å²) in [4.78, 5) is 24.2. The molecule has 0 aliphatic carbocycles. The van der Waals surface area contributed by atoms with Crippen LogP contribution < -0.4 is 5.32 Å². The Morgan fingerprint density at radius 2 is 2.14 bits per heavy atom. The number of piperidine rings is 1. The second kappa shape index (κ2) is 6.51. The van der Waals surface area contributed by atoms with Crippen LogP contribution in [0.4, 0.5) is 19.3 Å². The highest BCUT2D eigenvalue weighted by Gasteiger charge is 2.25. The highest BCUT2D eigenvalue weighted by atomic mass is 19.1. The van der Waals surface area contributed by atoms with Crippen molar-refractivity contribution in [3.8, 4) is 0 Å². The number of hydrogen-bond acceptors (Lipinski definition) is 2. The van der Waals surface area contributed by atoms with Crippen LogP contribution in [0, 0.1) is 17.6 Å². The zero-order chi connectivity index (χ0) is 15.4. The van der Waals surface area contributed by atoms with Crippen molar-refractivity contribution < 1.29 is 23.5 Å². The van der Waals surface area contributed by atoms with Gasteiger partial charge in [-0.05, 0) is 30.9 Å². The lowest BCUT2D eigenvalue weighted by Crippen LogP contribution is -2.42. The maximum Gasteiger partial charge on any atom is 0.321 e. The molecular weight excluding hydrogens is 282 g/mol. The number of rotatable bonds is 3. The van der Waals surface area contributed by atoms with E-state index in [1.54, 1.807) is 0 Å². The first-order chi connectivity index (χ1) is 9.95. The van der Waals surface area contributed by atoms with E-state index in [9.17, 15) is 18.4 Å². The standard InChI is InChI=1S/C14H16F2N2O3/c15-10-3-4-12(11(16)7-10)17-14(21)18-5-1-2-9(8-18)6-13(19)20/h3-4,7,9H,1-2,5-6,8H2,(H,17,21)(H,19,20). The number of carboxylic acids is 1. The molecule has 0 spiro atoms. The Bertz CT molecular complexity index is 551. The molecular formula is C14H16F2N2O3. The van der Waals surface area contributed by atoms with E-state index in [1.807, 2.05) is 0 Å². The first-order valence-corrected chi connectivity index (χ1v) is 6.68. The molecule has 1 saturated heterocycles. The fourth-order valence-corrected chi connectivity index (χ4v) is 2.45. The number of nitrogens with zero attached hydrogens (tertiary/aromatic N) is 1. The van der Waals surface area contributed by atoms with Crippen molar-refractivity contribution in [1.29, 1.82) is 0 Å². The minimum Gasteiger partial charge on any atom is -0.481 e. The number of nitrogens with one attached hydrogen (secondary N) is 1. The average Bonchev–Trinajstić information content (AvgIpc) is 2.41. The van der Waals surface area contributed by atoms with Gasteiger partial charge in [-0.15, -0.1) is 0 Å². The van der Waals surface area contributed by atoms with Crippen molar-refractivity contribution in [2.45, 2.75) is 19.3 Å². The fraction of sp³-hybridized carbons (Fsp3) is 0.429. The molecule has 1 aliphatic rings. The maximum absolute atomic E-state index is 13.5. The van der Waals surface area contributed by atoms with Crippen LogP contribution >= 0.6 is 0 Å². The monoisotopic (exact) mass is 298 g/mol. The summed E-state index contributed by atoms with van der Waals surface area (Å²) in [6, 6.07) is 2.40. The Hall–Kier alpha value is -2.18. The third-order valence-electron chi connectivity index (χ3n) is 3.44. The van der Waals surface area contributed by atoms with Gasteiger partial charge < -0.3 is 15.3 Å². The van der Waals surface area contributed by atoms with Crippen LogP contribution in [0.25, 0.3) is 0 Å². The summed E-state index contributed by atoms with van der Waals surface area (Å²) >= 11 is 0. The van der Waals surface area contributed by atoms with Crippen molar-refractivity contribution >= 4 is 17.7 Å². The molecule has 21 heavy (non-hydrogen) atoms. The lowest BCUT2D eigenvalue weighted by Gasteiger charge is -2.32. The summed E-state index contributed by atoms with van der Waals surface area (Å²) in [6.45, 7) is 0.811. The molecule has 1 atom stereocenters. The highest BCUT2D eigenvalue weighted by molar-refractivity contribution is 5.89. The van der Waals surface area contributed by atoms with E-state index in [0.717, 1.165) is 18.6 Å². The summed E-state index contributed by atoms with van der Waals surface area (Å²) in [5, 5.41) is 11.2. The predicted octanol–water partition coefficient (Wildman–Crippen LogP) is 2.68. The number of hydrogen-bond donors (Lipinski definition) is 2. The molecule has 1 aromatic carbocycles. The molecule has 114 valence electrons. The molecule has 2 amide bonds. The normalized spacial score (nSPS) is 18.4. The van der Waals surface area contributed by atoms with Crippen LogP contribution in [-0.2, 0) is 4.79 Å². The van der Waals surface area contributed by atoms with Crippen LogP contribution in [0.1, 0.15) is 19.3 Å². The van der Waals surface area contributed by atoms with E-state index in [2.05, 4.69) is 5.32 Å². The van der Waals surface area contributed by atoms with E-state index < -0.39 is 23.6 Å². The summed E-state index contributed by atoms with van der Waals surface area (Å²) in [7, 11) is 0. The van der Waals surface area contributed by atoms with Gasteiger partial charge in [0.05, 0.1) is 5.69 Å². The van der Waals surface area contributed by atoms with Gasteiger partial charge in [0.2, 0.25) is 0 Å². The molecule has 0 bridgehead atoms. The molecule has 2 N–H and O–H groups in total. The van der Waals surface area contributed by atoms with E-state index >= 15 is 0 Å². The molecule has 1 aromatic rings. The molecule has 2 rings (SSSR count). The van der Waals surface area contributed by atoms with Gasteiger partial charge in [-0.1, -0.05) is 0 Å². The number of benzene rings is 1. The Kier molecular flexibility index (Phi) is 4.72. The lowest BCUT2D eigenvalue weighted by molar-refractivity contribution is -0.138. The van der Waals surface area contributed by atoms with Gasteiger partial charge in [0.1, 0.15) is 11.6 Å². The topological polar surface area (TPSA) is 69.6 Å². The largest absolute Gasteiger partial charge is 0.481 e. The van der Waals surface area contributed by atoms with Crippen molar-refractivity contribution in [3.05, 3.63) is 29.8 Å². The van der Waals surface area contributed by atoms with Crippen LogP contribution in [0.2, 0.25) is 0 Å². The van der Waals surface area contributed by atoms with Crippen molar-refractivity contribution in [3.63, 3.8) is 0 Å². The van der Waals surface area contributed by atoms with E-state index in [1.165, 1.54) is 4.90 Å². The Morgan fingerprint density at radius 1 is 1.38 bits per heavy atom. The molecule has 7 heteroatoms. The van der Waals surface area contributed by atoms with Crippen LogP contribution in [-0.4, -0.2) is 35.1 Å². The number of aliphatic carboxylic acids is 1. The molecule has 1 heterocycles. The first kappa shape index (κ1) is 15.2. The highest BCUT2D eigenvalue weighted by Crippen LogP contribution is 2.21. The number of anilines is 1. The minimum atomic E-state index is -0.896. The van der Waals surface area contributed by atoms with Crippen molar-refractivity contribution in [1.82, 2.24) is 4.90 Å². The first-order valence-electron chi connectivity index (χ1n) is 6.68. The van der Waals surface area contributed by atoms with Gasteiger partial charge >= 0.3 is 12.0 Å². The van der Waals surface area contributed by atoms with Crippen molar-refractivity contribution in [2.24, 2.45) is 5.92 Å².